The molecule has 1 aromatic carbocycles. The van der Waals surface area contributed by atoms with E-state index in [9.17, 15) is 4.79 Å². The Balaban J connectivity index is 2.16. The highest BCUT2D eigenvalue weighted by Crippen LogP contribution is 2.30. The van der Waals surface area contributed by atoms with E-state index in [1.165, 1.54) is 16.9 Å². The number of nitrogens with one attached hydrogen (secondary N) is 2. The summed E-state index contributed by atoms with van der Waals surface area (Å²) in [7, 11) is 0. The number of esters is 1. The number of benzene rings is 1. The first kappa shape index (κ1) is 20.4. The van der Waals surface area contributed by atoms with Crippen LogP contribution in [-0.4, -0.2) is 23.7 Å². The summed E-state index contributed by atoms with van der Waals surface area (Å²) in [5.41, 5.74) is 1.74. The standard InChI is InChI=1S/C20H26N2O2S2/c1-4-9-14(3)21-20(25)22-18-17(19(23)24-5-2)13-16(26-18)12-15-10-7-6-8-11-15/h6-8,10-11,13-14H,4-5,9,12H2,1-3H3,(H2,21,22,25). The molecule has 2 aromatic rings. The Morgan fingerprint density at radius 2 is 2.00 bits per heavy atom. The van der Waals surface area contributed by atoms with Crippen molar-refractivity contribution in [1.29, 1.82) is 0 Å². The molecule has 1 unspecified atom stereocenters. The van der Waals surface area contributed by atoms with Crippen LogP contribution in [0.25, 0.3) is 0 Å². The fraction of sp³-hybridized carbons (Fsp3) is 0.400. The summed E-state index contributed by atoms with van der Waals surface area (Å²) in [4.78, 5) is 13.4. The minimum Gasteiger partial charge on any atom is -0.462 e. The molecule has 2 N–H and O–H groups in total. The van der Waals surface area contributed by atoms with Gasteiger partial charge in [-0.15, -0.1) is 11.3 Å². The molecule has 4 nitrogen and oxygen atoms in total. The van der Waals surface area contributed by atoms with Crippen LogP contribution >= 0.6 is 23.6 Å². The number of thiocarbonyl (C=S) groups is 1. The number of rotatable bonds is 8. The van der Waals surface area contributed by atoms with Crippen molar-refractivity contribution in [2.75, 3.05) is 11.9 Å². The largest absolute Gasteiger partial charge is 0.462 e. The molecule has 140 valence electrons. The molecular weight excluding hydrogens is 364 g/mol. The molecule has 0 fully saturated rings. The molecule has 0 bridgehead atoms. The second kappa shape index (κ2) is 10.3. The minimum atomic E-state index is -0.324. The lowest BCUT2D eigenvalue weighted by Gasteiger charge is -2.16. The summed E-state index contributed by atoms with van der Waals surface area (Å²) in [6.45, 7) is 6.39. The molecular formula is C20H26N2O2S2. The first-order valence-electron chi connectivity index (χ1n) is 8.94. The van der Waals surface area contributed by atoms with E-state index < -0.39 is 0 Å². The van der Waals surface area contributed by atoms with E-state index in [1.807, 2.05) is 24.3 Å². The van der Waals surface area contributed by atoms with E-state index in [0.29, 0.717) is 17.3 Å². The maximum atomic E-state index is 12.3. The van der Waals surface area contributed by atoms with Crippen molar-refractivity contribution in [3.63, 3.8) is 0 Å². The van der Waals surface area contributed by atoms with E-state index in [1.54, 1.807) is 6.92 Å². The van der Waals surface area contributed by atoms with Gasteiger partial charge in [0, 0.05) is 17.3 Å². The van der Waals surface area contributed by atoms with Gasteiger partial charge in [0.15, 0.2) is 5.11 Å². The lowest BCUT2D eigenvalue weighted by atomic mass is 10.1. The van der Waals surface area contributed by atoms with Gasteiger partial charge >= 0.3 is 5.97 Å². The zero-order valence-electron chi connectivity index (χ0n) is 15.5. The number of thiophene rings is 1. The summed E-state index contributed by atoms with van der Waals surface area (Å²) >= 11 is 6.95. The van der Waals surface area contributed by atoms with Gasteiger partial charge in [-0.2, -0.15) is 0 Å². The Morgan fingerprint density at radius 3 is 2.65 bits per heavy atom. The van der Waals surface area contributed by atoms with Crippen molar-refractivity contribution in [3.8, 4) is 0 Å². The molecule has 0 radical (unpaired) electrons. The quantitative estimate of drug-likeness (QED) is 0.491. The van der Waals surface area contributed by atoms with E-state index in [-0.39, 0.29) is 12.0 Å². The molecule has 0 aliphatic heterocycles. The average Bonchev–Trinajstić information content (AvgIpc) is 2.98. The number of hydrogen-bond donors (Lipinski definition) is 2. The maximum Gasteiger partial charge on any atom is 0.341 e. The van der Waals surface area contributed by atoms with Crippen LogP contribution < -0.4 is 10.6 Å². The van der Waals surface area contributed by atoms with Crippen molar-refractivity contribution < 1.29 is 9.53 Å². The van der Waals surface area contributed by atoms with E-state index in [2.05, 4.69) is 36.6 Å². The molecule has 26 heavy (non-hydrogen) atoms. The fourth-order valence-corrected chi connectivity index (χ4v) is 4.10. The minimum absolute atomic E-state index is 0.287. The molecule has 1 aromatic heterocycles. The molecule has 0 amide bonds. The van der Waals surface area contributed by atoms with Gasteiger partial charge in [-0.3, -0.25) is 0 Å². The summed E-state index contributed by atoms with van der Waals surface area (Å²) in [6, 6.07) is 12.4. The van der Waals surface area contributed by atoms with Crippen molar-refractivity contribution in [2.45, 2.75) is 46.1 Å². The summed E-state index contributed by atoms with van der Waals surface area (Å²) in [6.07, 6.45) is 2.90. The van der Waals surface area contributed by atoms with Gasteiger partial charge < -0.3 is 15.4 Å². The Labute approximate surface area is 165 Å². The van der Waals surface area contributed by atoms with Gasteiger partial charge in [-0.05, 0) is 44.1 Å². The maximum absolute atomic E-state index is 12.3. The van der Waals surface area contributed by atoms with Crippen molar-refractivity contribution >= 4 is 39.6 Å². The Morgan fingerprint density at radius 1 is 1.27 bits per heavy atom. The Kier molecular flexibility index (Phi) is 8.06. The van der Waals surface area contributed by atoms with E-state index >= 15 is 0 Å². The smallest absolute Gasteiger partial charge is 0.341 e. The predicted molar refractivity (Wildman–Crippen MR) is 113 cm³/mol. The number of carbonyl (C=O) groups is 1. The van der Waals surface area contributed by atoms with Crippen LogP contribution in [0.5, 0.6) is 0 Å². The SMILES string of the molecule is CCCC(C)NC(=S)Nc1sc(Cc2ccccc2)cc1C(=O)OCC. The third-order valence-corrected chi connectivity index (χ3v) is 5.10. The van der Waals surface area contributed by atoms with Gasteiger partial charge in [0.25, 0.3) is 0 Å². The fourth-order valence-electron chi connectivity index (χ4n) is 2.65. The lowest BCUT2D eigenvalue weighted by molar-refractivity contribution is 0.0528. The highest BCUT2D eigenvalue weighted by Gasteiger charge is 2.18. The van der Waals surface area contributed by atoms with E-state index in [0.717, 1.165) is 29.1 Å². The number of hydrogen-bond acceptors (Lipinski definition) is 4. The number of anilines is 1. The average molecular weight is 391 g/mol. The summed E-state index contributed by atoms with van der Waals surface area (Å²) < 4.78 is 5.20. The van der Waals surface area contributed by atoms with Crippen molar-refractivity contribution in [1.82, 2.24) is 5.32 Å². The molecule has 1 heterocycles. The molecule has 6 heteroatoms. The zero-order chi connectivity index (χ0) is 18.9. The molecule has 0 saturated carbocycles. The molecule has 0 spiro atoms. The molecule has 0 aliphatic carbocycles. The first-order valence-corrected chi connectivity index (χ1v) is 10.2. The van der Waals surface area contributed by atoms with Crippen LogP contribution in [0, 0.1) is 0 Å². The molecule has 0 saturated heterocycles. The van der Waals surface area contributed by atoms with Crippen LogP contribution in [0.3, 0.4) is 0 Å². The molecule has 2 rings (SSSR count). The van der Waals surface area contributed by atoms with Gasteiger partial charge in [0.2, 0.25) is 0 Å². The second-order valence-electron chi connectivity index (χ2n) is 6.13. The predicted octanol–water partition coefficient (Wildman–Crippen LogP) is 4.99. The number of carbonyl (C=O) groups excluding carboxylic acids is 1. The summed E-state index contributed by atoms with van der Waals surface area (Å²) in [5, 5.41) is 7.71. The third kappa shape index (κ3) is 6.11. The number of ether oxygens (including phenoxy) is 1. The second-order valence-corrected chi connectivity index (χ2v) is 7.67. The van der Waals surface area contributed by atoms with Crippen molar-refractivity contribution in [2.24, 2.45) is 0 Å². The Bertz CT molecular complexity index is 729. The highest BCUT2D eigenvalue weighted by atomic mass is 32.1. The monoisotopic (exact) mass is 390 g/mol. The Hall–Kier alpha value is -1.92. The lowest BCUT2D eigenvalue weighted by Crippen LogP contribution is -2.35. The van der Waals surface area contributed by atoms with Gasteiger partial charge in [-0.25, -0.2) is 4.79 Å². The van der Waals surface area contributed by atoms with Crippen LogP contribution in [-0.2, 0) is 11.2 Å². The zero-order valence-corrected chi connectivity index (χ0v) is 17.1. The molecule has 0 aliphatic rings. The molecule has 1 atom stereocenters. The van der Waals surface area contributed by atoms with Crippen LogP contribution in [0.4, 0.5) is 5.00 Å². The highest BCUT2D eigenvalue weighted by molar-refractivity contribution is 7.80. The van der Waals surface area contributed by atoms with Crippen LogP contribution in [0.1, 0.15) is 54.4 Å². The normalized spacial score (nSPS) is 11.7. The first-order chi connectivity index (χ1) is 12.5. The third-order valence-electron chi connectivity index (χ3n) is 3.83. The van der Waals surface area contributed by atoms with Crippen LogP contribution in [0.15, 0.2) is 36.4 Å². The topological polar surface area (TPSA) is 50.4 Å². The van der Waals surface area contributed by atoms with Gasteiger partial charge in [-0.1, -0.05) is 43.7 Å². The summed E-state index contributed by atoms with van der Waals surface area (Å²) in [5.74, 6) is -0.324. The van der Waals surface area contributed by atoms with Crippen LogP contribution in [0.2, 0.25) is 0 Å². The van der Waals surface area contributed by atoms with Gasteiger partial charge in [0.1, 0.15) is 5.00 Å². The van der Waals surface area contributed by atoms with E-state index in [4.69, 9.17) is 17.0 Å². The van der Waals surface area contributed by atoms with Gasteiger partial charge in [0.05, 0.1) is 12.2 Å². The van der Waals surface area contributed by atoms with Crippen molar-refractivity contribution in [3.05, 3.63) is 52.4 Å².